The van der Waals surface area contributed by atoms with Crippen molar-refractivity contribution in [3.05, 3.63) is 58.2 Å². The minimum Gasteiger partial charge on any atom is -0.464 e. The number of esters is 1. The van der Waals surface area contributed by atoms with E-state index in [2.05, 4.69) is 0 Å². The number of halogens is 1. The first-order valence-corrected chi connectivity index (χ1v) is 9.13. The number of Topliss-reactive ketones (excluding diaryl/α,β-unsaturated/α-hetero) is 1. The van der Waals surface area contributed by atoms with Gasteiger partial charge >= 0.3 is 5.97 Å². The van der Waals surface area contributed by atoms with Gasteiger partial charge in [-0.05, 0) is 45.4 Å². The Hall–Kier alpha value is -2.96. The van der Waals surface area contributed by atoms with Gasteiger partial charge in [0.05, 0.1) is 19.2 Å². The molecule has 0 aliphatic heterocycles. The summed E-state index contributed by atoms with van der Waals surface area (Å²) >= 11 is 0. The monoisotopic (exact) mass is 388 g/mol. The second-order valence-corrected chi connectivity index (χ2v) is 6.39. The van der Waals surface area contributed by atoms with Crippen LogP contribution in [0.4, 0.5) is 4.39 Å². The summed E-state index contributed by atoms with van der Waals surface area (Å²) < 4.78 is 20.5. The molecule has 1 aromatic heterocycles. The van der Waals surface area contributed by atoms with E-state index in [1.54, 1.807) is 31.4 Å². The van der Waals surface area contributed by atoms with Gasteiger partial charge < -0.3 is 14.2 Å². The van der Waals surface area contributed by atoms with Crippen LogP contribution >= 0.6 is 0 Å². The molecule has 0 N–H and O–H groups in total. The van der Waals surface area contributed by atoms with Gasteiger partial charge in [-0.2, -0.15) is 0 Å². The van der Waals surface area contributed by atoms with Crippen molar-refractivity contribution in [3.8, 4) is 0 Å². The van der Waals surface area contributed by atoms with E-state index < -0.39 is 17.7 Å². The van der Waals surface area contributed by atoms with Gasteiger partial charge in [0, 0.05) is 24.3 Å². The van der Waals surface area contributed by atoms with Crippen LogP contribution in [0, 0.1) is 19.7 Å². The number of amides is 1. The highest BCUT2D eigenvalue weighted by Gasteiger charge is 2.28. The second-order valence-electron chi connectivity index (χ2n) is 6.39. The molecule has 0 saturated heterocycles. The Morgan fingerprint density at radius 1 is 1.14 bits per heavy atom. The summed E-state index contributed by atoms with van der Waals surface area (Å²) in [5.41, 5.74) is 1.80. The average Bonchev–Trinajstić information content (AvgIpc) is 2.94. The number of hydrogen-bond acceptors (Lipinski definition) is 4. The Kier molecular flexibility index (Phi) is 6.72. The molecule has 0 spiro atoms. The predicted molar refractivity (Wildman–Crippen MR) is 103 cm³/mol. The number of aromatic nitrogens is 1. The zero-order chi connectivity index (χ0) is 21.0. The second kappa shape index (κ2) is 8.82. The zero-order valence-electron chi connectivity index (χ0n) is 16.8. The molecule has 0 fully saturated rings. The average molecular weight is 388 g/mol. The fraction of sp³-hybridized carbons (Fsp3) is 0.381. The first kappa shape index (κ1) is 21.3. The van der Waals surface area contributed by atoms with Gasteiger partial charge in [-0.3, -0.25) is 9.59 Å². The van der Waals surface area contributed by atoms with E-state index in [0.717, 1.165) is 0 Å². The lowest BCUT2D eigenvalue weighted by Crippen LogP contribution is -2.36. The van der Waals surface area contributed by atoms with Gasteiger partial charge in [0.25, 0.3) is 5.91 Å². The largest absolute Gasteiger partial charge is 0.464 e. The minimum absolute atomic E-state index is 0.0769. The molecule has 2 rings (SSSR count). The van der Waals surface area contributed by atoms with Crippen LogP contribution in [0.15, 0.2) is 24.3 Å². The first-order valence-electron chi connectivity index (χ1n) is 9.13. The molecule has 28 heavy (non-hydrogen) atoms. The minimum atomic E-state index is -0.629. The summed E-state index contributed by atoms with van der Waals surface area (Å²) in [5.74, 6) is -2.00. The molecule has 0 aliphatic carbocycles. The maximum Gasteiger partial charge on any atom is 0.354 e. The standard InChI is InChI=1S/C21H25FN2O4/c1-6-23(20(26)15-10-8-9-11-16(15)22)12-17(25)18-13(3)19(21(27)28-5)24(7-2)14(18)4/h8-11H,6-7,12H2,1-5H3. The van der Waals surface area contributed by atoms with Gasteiger partial charge in [0.1, 0.15) is 11.5 Å². The molecule has 7 heteroatoms. The molecule has 0 saturated carbocycles. The van der Waals surface area contributed by atoms with Crippen LogP contribution in [0.2, 0.25) is 0 Å². The number of methoxy groups -OCH3 is 1. The Bertz CT molecular complexity index is 917. The van der Waals surface area contributed by atoms with Crippen molar-refractivity contribution < 1.29 is 23.5 Å². The number of carbonyl (C=O) groups excluding carboxylic acids is 3. The molecule has 0 radical (unpaired) electrons. The highest BCUT2D eigenvalue weighted by atomic mass is 19.1. The third-order valence-electron chi connectivity index (χ3n) is 4.85. The van der Waals surface area contributed by atoms with Crippen LogP contribution in [0.1, 0.15) is 56.3 Å². The van der Waals surface area contributed by atoms with E-state index in [4.69, 9.17) is 4.74 Å². The summed E-state index contributed by atoms with van der Waals surface area (Å²) in [4.78, 5) is 39.1. The molecule has 0 bridgehead atoms. The lowest BCUT2D eigenvalue weighted by molar-refractivity contribution is 0.0587. The van der Waals surface area contributed by atoms with Crippen molar-refractivity contribution in [1.29, 1.82) is 0 Å². The number of ether oxygens (including phenoxy) is 1. The number of benzene rings is 1. The van der Waals surface area contributed by atoms with Gasteiger partial charge in [-0.1, -0.05) is 12.1 Å². The van der Waals surface area contributed by atoms with Crippen LogP contribution in [0.5, 0.6) is 0 Å². The van der Waals surface area contributed by atoms with Crippen molar-refractivity contribution in [1.82, 2.24) is 9.47 Å². The number of hydrogen-bond donors (Lipinski definition) is 0. The quantitative estimate of drug-likeness (QED) is 0.539. The summed E-state index contributed by atoms with van der Waals surface area (Å²) in [6, 6.07) is 5.68. The predicted octanol–water partition coefficient (Wildman–Crippen LogP) is 3.40. The molecular weight excluding hydrogens is 363 g/mol. The smallest absolute Gasteiger partial charge is 0.354 e. The first-order chi connectivity index (χ1) is 13.3. The molecule has 6 nitrogen and oxygen atoms in total. The number of ketones is 1. The lowest BCUT2D eigenvalue weighted by Gasteiger charge is -2.20. The number of nitrogens with zero attached hydrogens (tertiary/aromatic N) is 2. The third kappa shape index (κ3) is 3.83. The van der Waals surface area contributed by atoms with Crippen LogP contribution in [-0.4, -0.2) is 47.3 Å². The highest BCUT2D eigenvalue weighted by Crippen LogP contribution is 2.24. The fourth-order valence-electron chi connectivity index (χ4n) is 3.45. The van der Waals surface area contributed by atoms with Crippen LogP contribution in [0.3, 0.4) is 0 Å². The normalized spacial score (nSPS) is 10.6. The third-order valence-corrected chi connectivity index (χ3v) is 4.85. The summed E-state index contributed by atoms with van der Waals surface area (Å²) in [6.07, 6.45) is 0. The topological polar surface area (TPSA) is 68.6 Å². The van der Waals surface area contributed by atoms with Crippen LogP contribution < -0.4 is 0 Å². The van der Waals surface area contributed by atoms with Crippen molar-refractivity contribution in [2.45, 2.75) is 34.2 Å². The van der Waals surface area contributed by atoms with E-state index in [9.17, 15) is 18.8 Å². The zero-order valence-corrected chi connectivity index (χ0v) is 16.8. The molecule has 150 valence electrons. The Morgan fingerprint density at radius 3 is 2.32 bits per heavy atom. The van der Waals surface area contributed by atoms with E-state index in [1.807, 2.05) is 6.92 Å². The van der Waals surface area contributed by atoms with E-state index in [0.29, 0.717) is 29.1 Å². The van der Waals surface area contributed by atoms with E-state index >= 15 is 0 Å². The van der Waals surface area contributed by atoms with Gasteiger partial charge in [-0.15, -0.1) is 0 Å². The van der Waals surface area contributed by atoms with Crippen molar-refractivity contribution in [3.63, 3.8) is 0 Å². The highest BCUT2D eigenvalue weighted by molar-refractivity contribution is 6.06. The van der Waals surface area contributed by atoms with Gasteiger partial charge in [0.2, 0.25) is 0 Å². The molecule has 2 aromatic rings. The summed E-state index contributed by atoms with van der Waals surface area (Å²) in [6.45, 7) is 7.57. The Morgan fingerprint density at radius 2 is 1.79 bits per heavy atom. The number of likely N-dealkylation sites (N-methyl/N-ethyl adjacent to an activating group) is 1. The summed E-state index contributed by atoms with van der Waals surface area (Å²) in [7, 11) is 1.29. The van der Waals surface area contributed by atoms with E-state index in [-0.39, 0.29) is 24.4 Å². The maximum atomic E-state index is 14.0. The fourth-order valence-corrected chi connectivity index (χ4v) is 3.45. The molecule has 1 amide bonds. The molecule has 0 aliphatic rings. The molecular formula is C21H25FN2O4. The molecule has 1 heterocycles. The van der Waals surface area contributed by atoms with Crippen LogP contribution in [0.25, 0.3) is 0 Å². The maximum absolute atomic E-state index is 14.0. The summed E-state index contributed by atoms with van der Waals surface area (Å²) in [5, 5.41) is 0. The Balaban J connectivity index is 2.38. The molecule has 1 aromatic carbocycles. The molecule has 0 unspecified atom stereocenters. The SMILES string of the molecule is CCN(CC(=O)c1c(C)c(C(=O)OC)n(CC)c1C)C(=O)c1ccccc1F. The number of rotatable bonds is 7. The Labute approximate surface area is 163 Å². The van der Waals surface area contributed by atoms with Gasteiger partial charge in [-0.25, -0.2) is 9.18 Å². The van der Waals surface area contributed by atoms with Gasteiger partial charge in [0.15, 0.2) is 5.78 Å². The lowest BCUT2D eigenvalue weighted by atomic mass is 10.0. The molecule has 0 atom stereocenters. The van der Waals surface area contributed by atoms with Crippen molar-refractivity contribution in [2.24, 2.45) is 0 Å². The van der Waals surface area contributed by atoms with Crippen LogP contribution in [-0.2, 0) is 11.3 Å². The number of carbonyl (C=O) groups is 3. The van der Waals surface area contributed by atoms with Crippen molar-refractivity contribution in [2.75, 3.05) is 20.2 Å². The van der Waals surface area contributed by atoms with E-state index in [1.165, 1.54) is 30.2 Å². The van der Waals surface area contributed by atoms with Crippen molar-refractivity contribution >= 4 is 17.7 Å².